The molecule has 0 saturated carbocycles. The van der Waals surface area contributed by atoms with Crippen molar-refractivity contribution in [3.63, 3.8) is 0 Å². The first-order chi connectivity index (χ1) is 9.90. The molecule has 7 nitrogen and oxygen atoms in total. The molecule has 21 heavy (non-hydrogen) atoms. The van der Waals surface area contributed by atoms with Crippen molar-refractivity contribution in [3.8, 4) is 0 Å². The van der Waals surface area contributed by atoms with Crippen molar-refractivity contribution < 1.29 is 14.5 Å². The van der Waals surface area contributed by atoms with E-state index in [0.717, 1.165) is 0 Å². The molecule has 0 unspecified atom stereocenters. The van der Waals surface area contributed by atoms with Crippen molar-refractivity contribution in [1.82, 2.24) is 10.2 Å². The van der Waals surface area contributed by atoms with Gasteiger partial charge in [0.25, 0.3) is 11.6 Å². The van der Waals surface area contributed by atoms with Crippen LogP contribution < -0.4 is 5.32 Å². The molecular formula is C13H16ClN3O4. The predicted octanol–water partition coefficient (Wildman–Crippen LogP) is 1.85. The van der Waals surface area contributed by atoms with Gasteiger partial charge in [-0.05, 0) is 18.6 Å². The molecule has 1 N–H and O–H groups in total. The van der Waals surface area contributed by atoms with E-state index >= 15 is 0 Å². The van der Waals surface area contributed by atoms with Gasteiger partial charge in [-0.15, -0.1) is 0 Å². The molecular weight excluding hydrogens is 298 g/mol. The van der Waals surface area contributed by atoms with E-state index in [-0.39, 0.29) is 28.7 Å². The molecule has 1 aromatic carbocycles. The Bertz CT molecular complexity index is 562. The normalized spacial score (nSPS) is 10.0. The first-order valence-corrected chi connectivity index (χ1v) is 6.72. The first kappa shape index (κ1) is 16.9. The molecule has 0 aliphatic carbocycles. The molecule has 0 aliphatic rings. The van der Waals surface area contributed by atoms with E-state index in [2.05, 4.69) is 5.32 Å². The molecule has 0 aliphatic heterocycles. The lowest BCUT2D eigenvalue weighted by Gasteiger charge is -2.21. The summed E-state index contributed by atoms with van der Waals surface area (Å²) in [7, 11) is 1.46. The lowest BCUT2D eigenvalue weighted by Crippen LogP contribution is -2.40. The number of amides is 2. The van der Waals surface area contributed by atoms with Crippen LogP contribution in [-0.4, -0.2) is 41.8 Å². The predicted molar refractivity (Wildman–Crippen MR) is 78.4 cm³/mol. The molecule has 0 saturated heterocycles. The van der Waals surface area contributed by atoms with E-state index in [1.54, 1.807) is 0 Å². The van der Waals surface area contributed by atoms with Crippen LogP contribution in [0.25, 0.3) is 0 Å². The van der Waals surface area contributed by atoms with Gasteiger partial charge in [0, 0.05) is 24.7 Å². The van der Waals surface area contributed by atoms with Crippen molar-refractivity contribution >= 4 is 29.1 Å². The molecule has 114 valence electrons. The van der Waals surface area contributed by atoms with Gasteiger partial charge in [-0.1, -0.05) is 18.5 Å². The minimum atomic E-state index is -0.645. The van der Waals surface area contributed by atoms with Crippen molar-refractivity contribution in [3.05, 3.63) is 38.9 Å². The standard InChI is InChI=1S/C13H16ClN3O4/c1-3-6-16(8-12(18)15-2)13(19)10-7-9(14)4-5-11(10)17(20)21/h4-5,7H,3,6,8H2,1-2H3,(H,15,18). The Morgan fingerprint density at radius 2 is 2.10 bits per heavy atom. The van der Waals surface area contributed by atoms with Crippen molar-refractivity contribution in [2.45, 2.75) is 13.3 Å². The summed E-state index contributed by atoms with van der Waals surface area (Å²) < 4.78 is 0. The largest absolute Gasteiger partial charge is 0.358 e. The van der Waals surface area contributed by atoms with E-state index in [0.29, 0.717) is 13.0 Å². The fourth-order valence-electron chi connectivity index (χ4n) is 1.78. The van der Waals surface area contributed by atoms with Crippen LogP contribution >= 0.6 is 11.6 Å². The van der Waals surface area contributed by atoms with Crippen LogP contribution in [0.4, 0.5) is 5.69 Å². The number of rotatable bonds is 6. The molecule has 8 heteroatoms. The Hall–Kier alpha value is -2.15. The zero-order valence-corrected chi connectivity index (χ0v) is 12.5. The molecule has 2 amide bonds. The molecule has 1 aromatic rings. The number of halogens is 1. The lowest BCUT2D eigenvalue weighted by molar-refractivity contribution is -0.385. The smallest absolute Gasteiger partial charge is 0.282 e. The Labute approximate surface area is 127 Å². The quantitative estimate of drug-likeness (QED) is 0.640. The molecule has 0 bridgehead atoms. The van der Waals surface area contributed by atoms with E-state index in [1.165, 1.54) is 30.1 Å². The monoisotopic (exact) mass is 313 g/mol. The SMILES string of the molecule is CCCN(CC(=O)NC)C(=O)c1cc(Cl)ccc1[N+](=O)[O-]. The molecule has 0 atom stereocenters. The average molecular weight is 314 g/mol. The molecule has 0 spiro atoms. The van der Waals surface area contributed by atoms with E-state index in [4.69, 9.17) is 11.6 Å². The van der Waals surface area contributed by atoms with Crippen LogP contribution in [0, 0.1) is 10.1 Å². The summed E-state index contributed by atoms with van der Waals surface area (Å²) in [5.74, 6) is -0.934. The van der Waals surface area contributed by atoms with Crippen LogP contribution in [0.15, 0.2) is 18.2 Å². The highest BCUT2D eigenvalue weighted by molar-refractivity contribution is 6.31. The molecule has 0 radical (unpaired) electrons. The fraction of sp³-hybridized carbons (Fsp3) is 0.385. The van der Waals surface area contributed by atoms with Crippen LogP contribution in [0.2, 0.25) is 5.02 Å². The van der Waals surface area contributed by atoms with Crippen molar-refractivity contribution in [1.29, 1.82) is 0 Å². The number of hydrogen-bond donors (Lipinski definition) is 1. The first-order valence-electron chi connectivity index (χ1n) is 6.34. The topological polar surface area (TPSA) is 92.6 Å². The number of carbonyl (C=O) groups is 2. The highest BCUT2D eigenvalue weighted by atomic mass is 35.5. The summed E-state index contributed by atoms with van der Waals surface area (Å²) in [5.41, 5.74) is -0.452. The third kappa shape index (κ3) is 4.42. The summed E-state index contributed by atoms with van der Waals surface area (Å²) >= 11 is 5.81. The van der Waals surface area contributed by atoms with Gasteiger partial charge < -0.3 is 10.2 Å². The number of hydrogen-bond acceptors (Lipinski definition) is 4. The number of benzene rings is 1. The maximum atomic E-state index is 12.4. The van der Waals surface area contributed by atoms with Gasteiger partial charge in [-0.25, -0.2) is 0 Å². The highest BCUT2D eigenvalue weighted by Crippen LogP contribution is 2.24. The summed E-state index contributed by atoms with van der Waals surface area (Å²) in [5, 5.41) is 13.6. The Balaban J connectivity index is 3.16. The second kappa shape index (κ2) is 7.58. The molecule has 1 rings (SSSR count). The minimum absolute atomic E-state index is 0.121. The van der Waals surface area contributed by atoms with Gasteiger partial charge in [-0.2, -0.15) is 0 Å². The zero-order valence-electron chi connectivity index (χ0n) is 11.8. The number of likely N-dealkylation sites (N-methyl/N-ethyl adjacent to an activating group) is 1. The molecule has 0 fully saturated rings. The average Bonchev–Trinajstić information content (AvgIpc) is 2.45. The van der Waals surface area contributed by atoms with Crippen LogP contribution in [0.5, 0.6) is 0 Å². The Morgan fingerprint density at radius 1 is 1.43 bits per heavy atom. The maximum Gasteiger partial charge on any atom is 0.282 e. The van der Waals surface area contributed by atoms with E-state index in [9.17, 15) is 19.7 Å². The van der Waals surface area contributed by atoms with Crippen molar-refractivity contribution in [2.75, 3.05) is 20.1 Å². The van der Waals surface area contributed by atoms with Gasteiger partial charge in [0.1, 0.15) is 5.56 Å². The van der Waals surface area contributed by atoms with Gasteiger partial charge in [0.2, 0.25) is 5.91 Å². The third-order valence-electron chi connectivity index (χ3n) is 2.78. The van der Waals surface area contributed by atoms with Crippen LogP contribution in [0.1, 0.15) is 23.7 Å². The highest BCUT2D eigenvalue weighted by Gasteiger charge is 2.25. The second-order valence-electron chi connectivity index (χ2n) is 4.32. The summed E-state index contributed by atoms with van der Waals surface area (Å²) in [6.07, 6.45) is 0.622. The van der Waals surface area contributed by atoms with Gasteiger partial charge in [0.15, 0.2) is 0 Å². The number of nitrogens with zero attached hydrogens (tertiary/aromatic N) is 2. The van der Waals surface area contributed by atoms with Crippen LogP contribution in [0.3, 0.4) is 0 Å². The number of nitro groups is 1. The Kier molecular flexibility index (Phi) is 6.10. The number of nitrogens with one attached hydrogen (secondary N) is 1. The summed E-state index contributed by atoms with van der Waals surface area (Å²) in [4.78, 5) is 35.5. The summed E-state index contributed by atoms with van der Waals surface area (Å²) in [6.45, 7) is 2.00. The van der Waals surface area contributed by atoms with E-state index < -0.39 is 10.8 Å². The zero-order chi connectivity index (χ0) is 16.0. The molecule has 0 aromatic heterocycles. The number of carbonyl (C=O) groups excluding carboxylic acids is 2. The van der Waals surface area contributed by atoms with Gasteiger partial charge in [-0.3, -0.25) is 19.7 Å². The summed E-state index contributed by atoms with van der Waals surface area (Å²) in [6, 6.07) is 3.77. The molecule has 0 heterocycles. The fourth-order valence-corrected chi connectivity index (χ4v) is 1.96. The minimum Gasteiger partial charge on any atom is -0.358 e. The van der Waals surface area contributed by atoms with E-state index in [1.807, 2.05) is 6.92 Å². The maximum absolute atomic E-state index is 12.4. The third-order valence-corrected chi connectivity index (χ3v) is 3.01. The lowest BCUT2D eigenvalue weighted by atomic mass is 10.1. The van der Waals surface area contributed by atoms with Crippen LogP contribution in [-0.2, 0) is 4.79 Å². The second-order valence-corrected chi connectivity index (χ2v) is 4.75. The van der Waals surface area contributed by atoms with Gasteiger partial charge >= 0.3 is 0 Å². The number of nitro benzene ring substituents is 1. The van der Waals surface area contributed by atoms with Crippen molar-refractivity contribution in [2.24, 2.45) is 0 Å². The Morgan fingerprint density at radius 3 is 2.62 bits per heavy atom. The van der Waals surface area contributed by atoms with Gasteiger partial charge in [0.05, 0.1) is 11.5 Å².